The quantitative estimate of drug-likeness (QED) is 0.669. The number of halogens is 1. The Morgan fingerprint density at radius 1 is 1.29 bits per heavy atom. The van der Waals surface area contributed by atoms with Gasteiger partial charge in [0.25, 0.3) is 0 Å². The maximum atomic E-state index is 5.51. The zero-order valence-electron chi connectivity index (χ0n) is 14.4. The van der Waals surface area contributed by atoms with Crippen LogP contribution in [0.4, 0.5) is 5.82 Å². The average Bonchev–Trinajstić information content (AvgIpc) is 2.98. The van der Waals surface area contributed by atoms with Crippen molar-refractivity contribution in [1.82, 2.24) is 15.2 Å². The number of nitrogens with zero attached hydrogens (tertiary/aromatic N) is 4. The Bertz CT molecular complexity index is 627. The van der Waals surface area contributed by atoms with Crippen LogP contribution in [0.2, 0.25) is 0 Å². The summed E-state index contributed by atoms with van der Waals surface area (Å²) in [4.78, 5) is 13.9. The Morgan fingerprint density at radius 3 is 2.83 bits per heavy atom. The standard InChI is InChI=1S/C17H25N5O.HI/c1-21(2)15-14-11-22(8-4-13(14)3-7-18-15)16-19-12-17(20-16)5-9-23-10-6-17;/h3,7H,4-6,8-12H2,1-2H3,(H,19,20);1H. The van der Waals surface area contributed by atoms with Gasteiger partial charge in [0.1, 0.15) is 5.82 Å². The number of pyridine rings is 1. The van der Waals surface area contributed by atoms with Crippen LogP contribution in [0.5, 0.6) is 0 Å². The first-order valence-corrected chi connectivity index (χ1v) is 8.46. The zero-order valence-corrected chi connectivity index (χ0v) is 16.7. The summed E-state index contributed by atoms with van der Waals surface area (Å²) in [6.07, 6.45) is 5.07. The summed E-state index contributed by atoms with van der Waals surface area (Å²) in [5.74, 6) is 2.14. The third kappa shape index (κ3) is 3.20. The van der Waals surface area contributed by atoms with Crippen LogP contribution in [0.25, 0.3) is 0 Å². The van der Waals surface area contributed by atoms with Gasteiger partial charge in [0.2, 0.25) is 0 Å². The van der Waals surface area contributed by atoms with Crippen LogP contribution in [0.1, 0.15) is 24.0 Å². The number of ether oxygens (including phenoxy) is 1. The number of nitrogens with one attached hydrogen (secondary N) is 1. The Kier molecular flexibility index (Phi) is 5.19. The summed E-state index contributed by atoms with van der Waals surface area (Å²) >= 11 is 0. The lowest BCUT2D eigenvalue weighted by atomic mass is 9.91. The molecule has 132 valence electrons. The van der Waals surface area contributed by atoms with E-state index in [9.17, 15) is 0 Å². The average molecular weight is 443 g/mol. The molecule has 1 N–H and O–H groups in total. The van der Waals surface area contributed by atoms with Crippen LogP contribution in [-0.4, -0.2) is 61.8 Å². The SMILES string of the molecule is CN(C)c1nccc2c1CN(C1=NCC3(CCOCC3)N1)CC2.I. The number of guanidine groups is 1. The second kappa shape index (κ2) is 7.03. The first-order valence-electron chi connectivity index (χ1n) is 8.46. The molecule has 1 aromatic rings. The highest BCUT2D eigenvalue weighted by Gasteiger charge is 2.39. The van der Waals surface area contributed by atoms with Gasteiger partial charge in [-0.25, -0.2) is 4.98 Å². The summed E-state index contributed by atoms with van der Waals surface area (Å²) in [5, 5.41) is 3.72. The number of hydrogen-bond acceptors (Lipinski definition) is 6. The van der Waals surface area contributed by atoms with Crippen molar-refractivity contribution in [3.63, 3.8) is 0 Å². The molecule has 0 aromatic carbocycles. The Hall–Kier alpha value is -1.09. The van der Waals surface area contributed by atoms with Crippen LogP contribution in [-0.2, 0) is 17.7 Å². The molecule has 7 heteroatoms. The maximum Gasteiger partial charge on any atom is 0.194 e. The van der Waals surface area contributed by atoms with E-state index in [1.807, 2.05) is 6.20 Å². The fourth-order valence-electron chi connectivity index (χ4n) is 3.78. The molecule has 0 aliphatic carbocycles. The van der Waals surface area contributed by atoms with Gasteiger partial charge >= 0.3 is 0 Å². The molecule has 0 bridgehead atoms. The van der Waals surface area contributed by atoms with E-state index >= 15 is 0 Å². The van der Waals surface area contributed by atoms with E-state index in [2.05, 4.69) is 40.3 Å². The van der Waals surface area contributed by atoms with E-state index in [4.69, 9.17) is 9.73 Å². The molecule has 3 aliphatic heterocycles. The summed E-state index contributed by atoms with van der Waals surface area (Å²) in [5.41, 5.74) is 2.88. The van der Waals surface area contributed by atoms with Crippen LogP contribution in [0, 0.1) is 0 Å². The molecule has 3 aliphatic rings. The monoisotopic (exact) mass is 443 g/mol. The Labute approximate surface area is 160 Å². The second-order valence-electron chi connectivity index (χ2n) is 7.00. The third-order valence-electron chi connectivity index (χ3n) is 5.21. The van der Waals surface area contributed by atoms with Crippen molar-refractivity contribution in [3.05, 3.63) is 23.4 Å². The van der Waals surface area contributed by atoms with Gasteiger partial charge in [-0.3, -0.25) is 4.99 Å². The molecule has 0 radical (unpaired) electrons. The normalized spacial score (nSPS) is 21.6. The molecule has 4 rings (SSSR count). The number of anilines is 1. The number of fused-ring (bicyclic) bond motifs is 1. The smallest absolute Gasteiger partial charge is 0.194 e. The number of rotatable bonds is 1. The molecule has 0 amide bonds. The van der Waals surface area contributed by atoms with Gasteiger partial charge in [0.05, 0.1) is 12.1 Å². The van der Waals surface area contributed by atoms with E-state index in [0.29, 0.717) is 0 Å². The molecular formula is C17H26IN5O. The van der Waals surface area contributed by atoms with Gasteiger partial charge in [0.15, 0.2) is 5.96 Å². The van der Waals surface area contributed by atoms with Crippen molar-refractivity contribution in [1.29, 1.82) is 0 Å². The first kappa shape index (κ1) is 17.7. The fourth-order valence-corrected chi connectivity index (χ4v) is 3.78. The molecular weight excluding hydrogens is 417 g/mol. The molecule has 1 aromatic heterocycles. The lowest BCUT2D eigenvalue weighted by Crippen LogP contribution is -2.54. The Balaban J connectivity index is 0.00000169. The number of aliphatic imine (C=N–C) groups is 1. The fraction of sp³-hybridized carbons (Fsp3) is 0.647. The van der Waals surface area contributed by atoms with Crippen molar-refractivity contribution < 1.29 is 4.74 Å². The third-order valence-corrected chi connectivity index (χ3v) is 5.21. The van der Waals surface area contributed by atoms with Crippen LogP contribution < -0.4 is 10.2 Å². The van der Waals surface area contributed by atoms with Gasteiger partial charge in [0, 0.05) is 52.2 Å². The van der Waals surface area contributed by atoms with Crippen molar-refractivity contribution in [2.24, 2.45) is 4.99 Å². The minimum absolute atomic E-state index is 0. The zero-order chi connectivity index (χ0) is 15.9. The molecule has 0 atom stereocenters. The van der Waals surface area contributed by atoms with Gasteiger partial charge in [-0.2, -0.15) is 0 Å². The van der Waals surface area contributed by atoms with Gasteiger partial charge in [-0.1, -0.05) is 0 Å². The highest BCUT2D eigenvalue weighted by molar-refractivity contribution is 14.0. The second-order valence-corrected chi connectivity index (χ2v) is 7.00. The highest BCUT2D eigenvalue weighted by atomic mass is 127. The molecule has 24 heavy (non-hydrogen) atoms. The van der Waals surface area contributed by atoms with Crippen LogP contribution >= 0.6 is 24.0 Å². The first-order chi connectivity index (χ1) is 11.2. The van der Waals surface area contributed by atoms with Gasteiger partial charge < -0.3 is 19.9 Å². The van der Waals surface area contributed by atoms with Gasteiger partial charge in [-0.15, -0.1) is 24.0 Å². The van der Waals surface area contributed by atoms with E-state index in [-0.39, 0.29) is 29.5 Å². The maximum absolute atomic E-state index is 5.51. The lowest BCUT2D eigenvalue weighted by Gasteiger charge is -2.37. The minimum Gasteiger partial charge on any atom is -0.381 e. The predicted molar refractivity (Wildman–Crippen MR) is 106 cm³/mol. The summed E-state index contributed by atoms with van der Waals surface area (Å²) < 4.78 is 5.51. The molecule has 4 heterocycles. The van der Waals surface area contributed by atoms with E-state index in [1.54, 1.807) is 0 Å². The van der Waals surface area contributed by atoms with E-state index in [1.165, 1.54) is 11.1 Å². The molecule has 6 nitrogen and oxygen atoms in total. The summed E-state index contributed by atoms with van der Waals surface area (Å²) in [7, 11) is 4.12. The number of hydrogen-bond donors (Lipinski definition) is 1. The minimum atomic E-state index is 0. The van der Waals surface area contributed by atoms with Crippen LogP contribution in [0.3, 0.4) is 0 Å². The predicted octanol–water partition coefficient (Wildman–Crippen LogP) is 1.63. The van der Waals surface area contributed by atoms with E-state index in [0.717, 1.165) is 63.9 Å². The summed E-state index contributed by atoms with van der Waals surface area (Å²) in [6, 6.07) is 2.16. The molecule has 1 fully saturated rings. The van der Waals surface area contributed by atoms with Crippen molar-refractivity contribution >= 4 is 35.8 Å². The number of aromatic nitrogens is 1. The van der Waals surface area contributed by atoms with Crippen molar-refractivity contribution in [2.45, 2.75) is 31.3 Å². The molecule has 0 unspecified atom stereocenters. The Morgan fingerprint density at radius 2 is 2.08 bits per heavy atom. The summed E-state index contributed by atoms with van der Waals surface area (Å²) in [6.45, 7) is 4.46. The van der Waals surface area contributed by atoms with E-state index < -0.39 is 0 Å². The topological polar surface area (TPSA) is 53.0 Å². The largest absolute Gasteiger partial charge is 0.381 e. The molecule has 0 saturated carbocycles. The van der Waals surface area contributed by atoms with Crippen LogP contribution in [0.15, 0.2) is 17.3 Å². The molecule has 1 spiro atoms. The van der Waals surface area contributed by atoms with Gasteiger partial charge in [-0.05, 0) is 30.9 Å². The molecule has 1 saturated heterocycles. The lowest BCUT2D eigenvalue weighted by molar-refractivity contribution is 0.0513. The van der Waals surface area contributed by atoms with Crippen molar-refractivity contribution in [2.75, 3.05) is 45.3 Å². The van der Waals surface area contributed by atoms with Crippen molar-refractivity contribution in [3.8, 4) is 0 Å². The highest BCUT2D eigenvalue weighted by Crippen LogP contribution is 2.29.